The van der Waals surface area contributed by atoms with E-state index >= 15 is 0 Å². The fourth-order valence-electron chi connectivity index (χ4n) is 7.90. The van der Waals surface area contributed by atoms with Crippen molar-refractivity contribution in [2.24, 2.45) is 0 Å². The molecule has 10 nitrogen and oxygen atoms in total. The van der Waals surface area contributed by atoms with Crippen molar-refractivity contribution in [2.75, 3.05) is 26.3 Å². The first-order valence-electron chi connectivity index (χ1n) is 22.4. The second-order valence-corrected chi connectivity index (χ2v) is 21.6. The molecule has 5 rings (SSSR count). The third kappa shape index (κ3) is 11.9. The van der Waals surface area contributed by atoms with Crippen LogP contribution in [0.5, 0.6) is 23.0 Å². The standard InChI is InChI=1S/C54H70N2O8/c1-31(57)49(61)55-15-17-63-47-37-19-33-23-41(51(3,4)5)25-35(45(33)59)21-39-29-44(54(12,13)14)30-40(48(39)64-18-16-56-50(62)32(2)58)22-36-26-42(52(6,7)8)24-34(46(36)60)20-38(47)28-43(27-37)53(9,10)11/h23-30,59-60H,15-22H2,1-14H3,(H,55,61)(H,56,62). The fourth-order valence-corrected chi connectivity index (χ4v) is 7.90. The van der Waals surface area contributed by atoms with Crippen molar-refractivity contribution in [3.8, 4) is 23.0 Å². The van der Waals surface area contributed by atoms with Gasteiger partial charge in [-0.05, 0) is 88.4 Å². The van der Waals surface area contributed by atoms with E-state index in [0.717, 1.165) is 44.5 Å². The van der Waals surface area contributed by atoms with Gasteiger partial charge in [-0.3, -0.25) is 19.2 Å². The number of rotatable bonds is 10. The molecule has 0 heterocycles. The van der Waals surface area contributed by atoms with Crippen LogP contribution in [-0.4, -0.2) is 59.9 Å². The zero-order valence-corrected chi connectivity index (χ0v) is 40.6. The first-order chi connectivity index (χ1) is 29.5. The number of Topliss-reactive ketones (excluding diaryl/α,β-unsaturated/α-hetero) is 2. The number of ketones is 2. The van der Waals surface area contributed by atoms with E-state index in [0.29, 0.717) is 59.4 Å². The molecule has 2 amide bonds. The number of hydrogen-bond acceptors (Lipinski definition) is 8. The van der Waals surface area contributed by atoms with Gasteiger partial charge in [-0.2, -0.15) is 0 Å². The molecule has 0 aliphatic heterocycles. The molecule has 0 saturated heterocycles. The lowest BCUT2D eigenvalue weighted by Gasteiger charge is -2.28. The van der Waals surface area contributed by atoms with Gasteiger partial charge >= 0.3 is 0 Å². The van der Waals surface area contributed by atoms with Gasteiger partial charge < -0.3 is 30.3 Å². The van der Waals surface area contributed by atoms with Crippen LogP contribution in [0.4, 0.5) is 0 Å². The summed E-state index contributed by atoms with van der Waals surface area (Å²) in [5.41, 5.74) is 9.22. The minimum Gasteiger partial charge on any atom is -0.507 e. The predicted octanol–water partition coefficient (Wildman–Crippen LogP) is 9.13. The van der Waals surface area contributed by atoms with Crippen molar-refractivity contribution >= 4 is 23.4 Å². The quantitative estimate of drug-likeness (QED) is 0.0802. The molecule has 4 N–H and O–H groups in total. The fraction of sp³-hybridized carbons (Fsp3) is 0.481. The maximum atomic E-state index is 12.5. The number of carbonyl (C=O) groups is 4. The zero-order valence-electron chi connectivity index (χ0n) is 40.6. The Kier molecular flexibility index (Phi) is 14.5. The van der Waals surface area contributed by atoms with Crippen LogP contribution >= 0.6 is 0 Å². The largest absolute Gasteiger partial charge is 0.507 e. The second kappa shape index (κ2) is 18.8. The number of ether oxygens (including phenoxy) is 2. The number of nitrogens with one attached hydrogen (secondary N) is 2. The average Bonchev–Trinajstić information content (AvgIpc) is 3.16. The molecule has 0 fully saturated rings. The molecule has 0 aromatic heterocycles. The van der Waals surface area contributed by atoms with Crippen LogP contribution in [0.25, 0.3) is 0 Å². The zero-order chi connectivity index (χ0) is 47.7. The number of hydrogen-bond donors (Lipinski definition) is 4. The van der Waals surface area contributed by atoms with E-state index in [4.69, 9.17) is 9.47 Å². The van der Waals surface area contributed by atoms with E-state index in [1.807, 2.05) is 0 Å². The van der Waals surface area contributed by atoms with E-state index in [9.17, 15) is 29.4 Å². The van der Waals surface area contributed by atoms with Gasteiger partial charge in [0.1, 0.15) is 36.2 Å². The molecule has 1 aliphatic carbocycles. The number of aromatic hydroxyl groups is 2. The molecule has 10 heteroatoms. The summed E-state index contributed by atoms with van der Waals surface area (Å²) in [4.78, 5) is 48.0. The molecule has 0 atom stereocenters. The molecule has 4 aromatic carbocycles. The molecule has 344 valence electrons. The Labute approximate surface area is 380 Å². The molecule has 0 saturated carbocycles. The van der Waals surface area contributed by atoms with Crippen LogP contribution in [0.2, 0.25) is 0 Å². The summed E-state index contributed by atoms with van der Waals surface area (Å²) in [6, 6.07) is 16.8. The van der Waals surface area contributed by atoms with Gasteiger partial charge in [0.2, 0.25) is 11.6 Å². The Morgan fingerprint density at radius 2 is 0.656 bits per heavy atom. The summed E-state index contributed by atoms with van der Waals surface area (Å²) >= 11 is 0. The van der Waals surface area contributed by atoms with E-state index in [1.165, 1.54) is 13.8 Å². The van der Waals surface area contributed by atoms with Crippen LogP contribution in [0.15, 0.2) is 48.5 Å². The number of phenols is 2. The SMILES string of the molecule is CC(=O)C(=O)NCCOc1c2cc(C(C)(C)C)cc1Cc1cc(C(C)(C)C)cc(c1O)Cc1cc(C(C)(C)C)cc(c1OCCNC(=O)C(C)=O)Cc1cc(C(C)(C)C)cc(c1O)C2. The van der Waals surface area contributed by atoms with Crippen molar-refractivity contribution in [1.29, 1.82) is 0 Å². The molecule has 1 aliphatic rings. The lowest BCUT2D eigenvalue weighted by molar-refractivity contribution is -0.136. The molecule has 0 radical (unpaired) electrons. The number of carbonyl (C=O) groups excluding carboxylic acids is 4. The number of fused-ring (bicyclic) bond motifs is 8. The van der Waals surface area contributed by atoms with E-state index < -0.39 is 23.4 Å². The molecular formula is C54H70N2O8. The molecule has 64 heavy (non-hydrogen) atoms. The van der Waals surface area contributed by atoms with Crippen LogP contribution in [-0.2, 0) is 66.5 Å². The van der Waals surface area contributed by atoms with Gasteiger partial charge in [0.05, 0.1) is 13.1 Å². The van der Waals surface area contributed by atoms with Crippen molar-refractivity contribution in [3.63, 3.8) is 0 Å². The second-order valence-electron chi connectivity index (χ2n) is 21.6. The smallest absolute Gasteiger partial charge is 0.287 e. The summed E-state index contributed by atoms with van der Waals surface area (Å²) in [5, 5.41) is 30.3. The summed E-state index contributed by atoms with van der Waals surface area (Å²) < 4.78 is 13.3. The van der Waals surface area contributed by atoms with E-state index in [2.05, 4.69) is 142 Å². The lowest BCUT2D eigenvalue weighted by Crippen LogP contribution is -2.32. The number of benzene rings is 4. The minimum absolute atomic E-state index is 0.0817. The van der Waals surface area contributed by atoms with E-state index in [-0.39, 0.29) is 59.5 Å². The highest BCUT2D eigenvalue weighted by molar-refractivity contribution is 6.35. The van der Waals surface area contributed by atoms with Gasteiger partial charge in [0.15, 0.2) is 0 Å². The predicted molar refractivity (Wildman–Crippen MR) is 253 cm³/mol. The molecular weight excluding hydrogens is 805 g/mol. The first kappa shape index (κ1) is 49.4. The summed E-state index contributed by atoms with van der Waals surface area (Å²) in [7, 11) is 0. The van der Waals surface area contributed by atoms with Crippen molar-refractivity contribution in [3.05, 3.63) is 115 Å². The normalized spacial score (nSPS) is 13.2. The summed E-state index contributed by atoms with van der Waals surface area (Å²) in [5.74, 6) is -1.05. The third-order valence-electron chi connectivity index (χ3n) is 11.9. The molecule has 4 aromatic rings. The summed E-state index contributed by atoms with van der Waals surface area (Å²) in [6.07, 6.45) is 1.22. The number of amides is 2. The van der Waals surface area contributed by atoms with Crippen LogP contribution in [0, 0.1) is 0 Å². The Morgan fingerprint density at radius 1 is 0.438 bits per heavy atom. The van der Waals surface area contributed by atoms with Crippen molar-refractivity contribution in [2.45, 2.75) is 144 Å². The highest BCUT2D eigenvalue weighted by Crippen LogP contribution is 2.43. The topological polar surface area (TPSA) is 151 Å². The molecule has 0 unspecified atom stereocenters. The van der Waals surface area contributed by atoms with Gasteiger partial charge in [-0.15, -0.1) is 0 Å². The van der Waals surface area contributed by atoms with Crippen LogP contribution in [0.1, 0.15) is 164 Å². The molecule has 8 bridgehead atoms. The monoisotopic (exact) mass is 875 g/mol. The van der Waals surface area contributed by atoms with Crippen molar-refractivity contribution in [1.82, 2.24) is 10.6 Å². The Balaban J connectivity index is 1.87. The van der Waals surface area contributed by atoms with Gasteiger partial charge in [-0.1, -0.05) is 132 Å². The van der Waals surface area contributed by atoms with Crippen molar-refractivity contribution < 1.29 is 38.9 Å². The third-order valence-corrected chi connectivity index (χ3v) is 11.9. The van der Waals surface area contributed by atoms with Gasteiger partial charge in [-0.25, -0.2) is 0 Å². The van der Waals surface area contributed by atoms with Crippen LogP contribution in [0.3, 0.4) is 0 Å². The Hall–Kier alpha value is -5.64. The first-order valence-corrected chi connectivity index (χ1v) is 22.4. The maximum Gasteiger partial charge on any atom is 0.287 e. The average molecular weight is 875 g/mol. The lowest BCUT2D eigenvalue weighted by atomic mass is 9.79. The van der Waals surface area contributed by atoms with Crippen LogP contribution < -0.4 is 20.1 Å². The number of phenolic OH excluding ortho intramolecular Hbond substituents is 2. The Bertz CT molecular complexity index is 2180. The van der Waals surface area contributed by atoms with E-state index in [1.54, 1.807) is 0 Å². The maximum absolute atomic E-state index is 12.5. The highest BCUT2D eigenvalue weighted by Gasteiger charge is 2.29. The Morgan fingerprint density at radius 3 is 0.859 bits per heavy atom. The molecule has 0 spiro atoms. The minimum atomic E-state index is -0.686. The highest BCUT2D eigenvalue weighted by atomic mass is 16.5. The van der Waals surface area contributed by atoms with Gasteiger partial charge in [0, 0.05) is 39.5 Å². The summed E-state index contributed by atoms with van der Waals surface area (Å²) in [6.45, 7) is 28.6. The van der Waals surface area contributed by atoms with Gasteiger partial charge in [0.25, 0.3) is 11.8 Å².